The Bertz CT molecular complexity index is 525. The van der Waals surface area contributed by atoms with Crippen molar-refractivity contribution in [2.24, 2.45) is 5.41 Å². The third kappa shape index (κ3) is 2.80. The smallest absolute Gasteiger partial charge is 0.315 e. The van der Waals surface area contributed by atoms with Gasteiger partial charge < -0.3 is 5.32 Å². The van der Waals surface area contributed by atoms with Crippen LogP contribution in [-0.2, 0) is 11.2 Å². The molecule has 0 saturated carbocycles. The molecule has 0 spiro atoms. The average Bonchev–Trinajstić information content (AvgIpc) is 2.83. The maximum Gasteiger partial charge on any atom is 0.402 e. The summed E-state index contributed by atoms with van der Waals surface area (Å²) in [6.45, 7) is -0.206. The normalized spacial score (nSPS) is 23.1. The monoisotopic (exact) mass is 325 g/mol. The average molecular weight is 326 g/mol. The number of halogens is 5. The van der Waals surface area contributed by atoms with E-state index in [0.717, 1.165) is 0 Å². The Balaban J connectivity index is 2.28. The summed E-state index contributed by atoms with van der Waals surface area (Å²) in [7, 11) is 0. The van der Waals surface area contributed by atoms with Gasteiger partial charge in [-0.15, -0.1) is 0 Å². The maximum absolute atomic E-state index is 13.2. The Kier molecular flexibility index (Phi) is 4.33. The van der Waals surface area contributed by atoms with Gasteiger partial charge in [0.25, 0.3) is 0 Å². The molecule has 1 aromatic carbocycles. The highest BCUT2D eigenvalue weighted by Crippen LogP contribution is 2.44. The lowest BCUT2D eigenvalue weighted by Gasteiger charge is -2.29. The fourth-order valence-electron chi connectivity index (χ4n) is 2.35. The Morgan fingerprint density at radius 2 is 2.05 bits per heavy atom. The predicted molar refractivity (Wildman–Crippen MR) is 71.1 cm³/mol. The molecule has 2 nitrogen and oxygen atoms in total. The van der Waals surface area contributed by atoms with E-state index in [0.29, 0.717) is 10.6 Å². The number of carbonyl (C=O) groups is 1. The minimum Gasteiger partial charge on any atom is -0.315 e. The van der Waals surface area contributed by atoms with Crippen molar-refractivity contribution in [1.82, 2.24) is 5.32 Å². The third-order valence-corrected chi connectivity index (χ3v) is 4.19. The van der Waals surface area contributed by atoms with Crippen molar-refractivity contribution in [1.29, 1.82) is 0 Å². The van der Waals surface area contributed by atoms with Crippen LogP contribution in [0.15, 0.2) is 18.2 Å². The molecule has 2 rings (SSSR count). The standard InChI is InChI=1S/C13H12Cl2F3NO/c14-9-1-2-10(15)8(5-9)6-11(20)12(13(16,17)18)3-4-19-7-12/h1-2,5,19H,3-4,6-7H2. The Morgan fingerprint density at radius 3 is 2.60 bits per heavy atom. The van der Waals surface area contributed by atoms with Crippen LogP contribution in [0.3, 0.4) is 0 Å². The largest absolute Gasteiger partial charge is 0.402 e. The van der Waals surface area contributed by atoms with Crippen molar-refractivity contribution in [2.75, 3.05) is 13.1 Å². The molecular weight excluding hydrogens is 314 g/mol. The fourth-order valence-corrected chi connectivity index (χ4v) is 2.73. The number of alkyl halides is 3. The minimum absolute atomic E-state index is 0.175. The van der Waals surface area contributed by atoms with E-state index in [4.69, 9.17) is 23.2 Å². The Labute approximate surface area is 124 Å². The van der Waals surface area contributed by atoms with Gasteiger partial charge in [-0.1, -0.05) is 23.2 Å². The van der Waals surface area contributed by atoms with Gasteiger partial charge in [0.1, 0.15) is 5.41 Å². The van der Waals surface area contributed by atoms with Crippen LogP contribution in [0.1, 0.15) is 12.0 Å². The molecule has 1 aliphatic rings. The molecule has 0 bridgehead atoms. The summed E-state index contributed by atoms with van der Waals surface area (Å²) in [5, 5.41) is 3.19. The summed E-state index contributed by atoms with van der Waals surface area (Å²) in [4.78, 5) is 12.2. The van der Waals surface area contributed by atoms with E-state index in [1.54, 1.807) is 0 Å². The van der Waals surface area contributed by atoms with Gasteiger partial charge in [-0.3, -0.25) is 4.79 Å². The van der Waals surface area contributed by atoms with E-state index < -0.39 is 17.4 Å². The molecular formula is C13H12Cl2F3NO. The van der Waals surface area contributed by atoms with Crippen LogP contribution in [-0.4, -0.2) is 25.0 Å². The van der Waals surface area contributed by atoms with Crippen LogP contribution in [0.4, 0.5) is 13.2 Å². The van der Waals surface area contributed by atoms with E-state index in [-0.39, 0.29) is 31.0 Å². The van der Waals surface area contributed by atoms with Gasteiger partial charge in [0.15, 0.2) is 5.78 Å². The summed E-state index contributed by atoms with van der Waals surface area (Å²) in [6.07, 6.45) is -5.19. The molecule has 1 heterocycles. The number of Topliss-reactive ketones (excluding diaryl/α,β-unsaturated/α-hetero) is 1. The van der Waals surface area contributed by atoms with Crippen LogP contribution >= 0.6 is 23.2 Å². The molecule has 20 heavy (non-hydrogen) atoms. The van der Waals surface area contributed by atoms with E-state index in [2.05, 4.69) is 5.32 Å². The first kappa shape index (κ1) is 15.6. The first-order valence-electron chi connectivity index (χ1n) is 6.01. The van der Waals surface area contributed by atoms with Crippen LogP contribution in [0.2, 0.25) is 10.0 Å². The van der Waals surface area contributed by atoms with Crippen LogP contribution in [0, 0.1) is 5.41 Å². The van der Waals surface area contributed by atoms with Gasteiger partial charge in [-0.05, 0) is 36.7 Å². The van der Waals surface area contributed by atoms with Gasteiger partial charge in [0.05, 0.1) is 0 Å². The molecule has 1 aromatic rings. The zero-order valence-corrected chi connectivity index (χ0v) is 11.9. The second-order valence-corrected chi connectivity index (χ2v) is 5.69. The highest BCUT2D eigenvalue weighted by molar-refractivity contribution is 6.33. The first-order chi connectivity index (χ1) is 9.26. The van der Waals surface area contributed by atoms with E-state index in [1.165, 1.54) is 18.2 Å². The second kappa shape index (κ2) is 5.54. The fraction of sp³-hybridized carbons (Fsp3) is 0.462. The van der Waals surface area contributed by atoms with E-state index in [9.17, 15) is 18.0 Å². The van der Waals surface area contributed by atoms with Gasteiger partial charge in [-0.2, -0.15) is 13.2 Å². The quantitative estimate of drug-likeness (QED) is 0.919. The van der Waals surface area contributed by atoms with Crippen molar-refractivity contribution in [3.63, 3.8) is 0 Å². The number of hydrogen-bond acceptors (Lipinski definition) is 2. The molecule has 7 heteroatoms. The third-order valence-electron chi connectivity index (χ3n) is 3.59. The number of ketones is 1. The van der Waals surface area contributed by atoms with Gasteiger partial charge in [0, 0.05) is 23.0 Å². The van der Waals surface area contributed by atoms with Crippen LogP contribution in [0.25, 0.3) is 0 Å². The van der Waals surface area contributed by atoms with Gasteiger partial charge in [0.2, 0.25) is 0 Å². The molecule has 1 saturated heterocycles. The van der Waals surface area contributed by atoms with Crippen molar-refractivity contribution in [2.45, 2.75) is 19.0 Å². The second-order valence-electron chi connectivity index (χ2n) is 4.84. The van der Waals surface area contributed by atoms with E-state index in [1.807, 2.05) is 0 Å². The van der Waals surface area contributed by atoms with E-state index >= 15 is 0 Å². The lowest BCUT2D eigenvalue weighted by Crippen LogP contribution is -2.47. The maximum atomic E-state index is 13.2. The number of rotatable bonds is 3. The van der Waals surface area contributed by atoms with Crippen molar-refractivity contribution >= 4 is 29.0 Å². The molecule has 0 radical (unpaired) electrons. The molecule has 1 unspecified atom stereocenters. The number of nitrogens with one attached hydrogen (secondary N) is 1. The molecule has 1 aliphatic heterocycles. The molecule has 1 fully saturated rings. The zero-order valence-electron chi connectivity index (χ0n) is 10.4. The van der Waals surface area contributed by atoms with Crippen molar-refractivity contribution in [3.8, 4) is 0 Å². The molecule has 110 valence electrons. The minimum atomic E-state index is -4.57. The zero-order chi connectivity index (χ0) is 15.0. The SMILES string of the molecule is O=C(Cc1cc(Cl)ccc1Cl)C1(C(F)(F)F)CCNC1. The molecule has 0 aromatic heterocycles. The Hall–Kier alpha value is -0.780. The highest BCUT2D eigenvalue weighted by atomic mass is 35.5. The number of carbonyl (C=O) groups excluding carboxylic acids is 1. The molecule has 1 atom stereocenters. The molecule has 1 N–H and O–H groups in total. The summed E-state index contributed by atoms with van der Waals surface area (Å²) in [6, 6.07) is 4.42. The topological polar surface area (TPSA) is 29.1 Å². The van der Waals surface area contributed by atoms with Gasteiger partial charge in [-0.25, -0.2) is 0 Å². The number of hydrogen-bond donors (Lipinski definition) is 1. The lowest BCUT2D eigenvalue weighted by molar-refractivity contribution is -0.214. The first-order valence-corrected chi connectivity index (χ1v) is 6.76. The summed E-state index contributed by atoms with van der Waals surface area (Å²) in [5.41, 5.74) is -2.00. The Morgan fingerprint density at radius 1 is 1.35 bits per heavy atom. The summed E-state index contributed by atoms with van der Waals surface area (Å²) >= 11 is 11.7. The predicted octanol–water partition coefficient (Wildman–Crippen LogP) is 3.65. The van der Waals surface area contributed by atoms with Gasteiger partial charge >= 0.3 is 6.18 Å². The molecule has 0 aliphatic carbocycles. The summed E-state index contributed by atoms with van der Waals surface area (Å²) < 4.78 is 39.7. The van der Waals surface area contributed by atoms with Crippen LogP contribution in [0.5, 0.6) is 0 Å². The lowest BCUT2D eigenvalue weighted by atomic mass is 9.79. The molecule has 0 amide bonds. The van der Waals surface area contributed by atoms with Crippen molar-refractivity contribution in [3.05, 3.63) is 33.8 Å². The highest BCUT2D eigenvalue weighted by Gasteiger charge is 2.60. The number of benzene rings is 1. The van der Waals surface area contributed by atoms with Crippen LogP contribution < -0.4 is 5.32 Å². The summed E-state index contributed by atoms with van der Waals surface area (Å²) in [5.74, 6) is -0.876. The van der Waals surface area contributed by atoms with Crippen molar-refractivity contribution < 1.29 is 18.0 Å².